The minimum atomic E-state index is 0.900. The lowest BCUT2D eigenvalue weighted by Gasteiger charge is -2.20. The summed E-state index contributed by atoms with van der Waals surface area (Å²) >= 11 is 0. The zero-order chi connectivity index (χ0) is 39.9. The second kappa shape index (κ2) is 12.2. The highest BCUT2D eigenvalue weighted by atomic mass is 15.0. The average molecular weight is 772 g/mol. The molecular weight excluding hydrogens is 735 g/mol. The molecule has 0 aliphatic rings. The SMILES string of the molecule is CCn1c2ccc(-c3c4ccccc4c(-c4ccc5ccc6cccc7ccc4c5c67)c4ccccc34)cc2c2cc(-c3ccc4ccc5cccc6ccc3c4c56)ccc21. The van der Waals surface area contributed by atoms with Crippen molar-refractivity contribution in [3.8, 4) is 33.4 Å². The number of aryl methyl sites for hydroxylation is 1. The van der Waals surface area contributed by atoms with Crippen LogP contribution in [0.3, 0.4) is 0 Å². The topological polar surface area (TPSA) is 4.93 Å². The zero-order valence-corrected chi connectivity index (χ0v) is 33.6. The van der Waals surface area contributed by atoms with Gasteiger partial charge >= 0.3 is 0 Å². The highest BCUT2D eigenvalue weighted by Gasteiger charge is 2.21. The lowest BCUT2D eigenvalue weighted by atomic mass is 9.83. The van der Waals surface area contributed by atoms with Gasteiger partial charge in [0.15, 0.2) is 0 Å². The maximum absolute atomic E-state index is 2.48. The van der Waals surface area contributed by atoms with Crippen molar-refractivity contribution in [2.75, 3.05) is 0 Å². The van der Waals surface area contributed by atoms with Crippen molar-refractivity contribution < 1.29 is 0 Å². The van der Waals surface area contributed by atoms with Crippen LogP contribution in [-0.4, -0.2) is 4.57 Å². The Kier molecular flexibility index (Phi) is 6.61. The number of benzene rings is 13. The van der Waals surface area contributed by atoms with Gasteiger partial charge in [-0.15, -0.1) is 0 Å². The molecule has 282 valence electrons. The van der Waals surface area contributed by atoms with E-state index in [-0.39, 0.29) is 0 Å². The van der Waals surface area contributed by atoms with Crippen LogP contribution in [0.15, 0.2) is 194 Å². The molecule has 0 radical (unpaired) electrons. The molecule has 61 heavy (non-hydrogen) atoms. The molecule has 1 heteroatoms. The Morgan fingerprint density at radius 2 is 0.705 bits per heavy atom. The molecule has 14 rings (SSSR count). The molecule has 1 heterocycles. The summed E-state index contributed by atoms with van der Waals surface area (Å²) in [6, 6.07) is 73.5. The number of hydrogen-bond acceptors (Lipinski definition) is 0. The standard InChI is InChI=1S/C60H37N/c1-2-61-53-31-25-41(43-27-21-39-19-17-35-9-7-11-37-22-28-48(43)58(39)55(35)37)33-51(53)52-34-42(26-32-54(52)61)57-44-13-3-5-15-46(44)60(47-16-6-4-14-45(47)57)50-30-24-40-20-18-36-10-8-12-38-23-29-49(50)59(40)56(36)38/h3-34H,2H2,1H3. The van der Waals surface area contributed by atoms with Crippen LogP contribution >= 0.6 is 0 Å². The van der Waals surface area contributed by atoms with Crippen LogP contribution < -0.4 is 0 Å². The lowest BCUT2D eigenvalue weighted by molar-refractivity contribution is 0.827. The van der Waals surface area contributed by atoms with Gasteiger partial charge in [-0.25, -0.2) is 0 Å². The number of hydrogen-bond donors (Lipinski definition) is 0. The van der Waals surface area contributed by atoms with Crippen LogP contribution in [0.5, 0.6) is 0 Å². The van der Waals surface area contributed by atoms with Gasteiger partial charge in [0, 0.05) is 28.4 Å². The highest BCUT2D eigenvalue weighted by Crippen LogP contribution is 2.48. The summed E-state index contributed by atoms with van der Waals surface area (Å²) in [6.45, 7) is 3.16. The number of aromatic nitrogens is 1. The van der Waals surface area contributed by atoms with E-state index in [9.17, 15) is 0 Å². The molecule has 0 fully saturated rings. The molecule has 0 saturated carbocycles. The summed E-state index contributed by atoms with van der Waals surface area (Å²) in [5.74, 6) is 0. The summed E-state index contributed by atoms with van der Waals surface area (Å²) in [4.78, 5) is 0. The van der Waals surface area contributed by atoms with Gasteiger partial charge in [-0.3, -0.25) is 0 Å². The molecule has 0 spiro atoms. The van der Waals surface area contributed by atoms with E-state index in [1.807, 2.05) is 0 Å². The summed E-state index contributed by atoms with van der Waals surface area (Å²) < 4.78 is 2.48. The first kappa shape index (κ1) is 33.1. The second-order valence-electron chi connectivity index (χ2n) is 17.0. The minimum absolute atomic E-state index is 0.900. The van der Waals surface area contributed by atoms with E-state index in [1.165, 1.54) is 141 Å². The van der Waals surface area contributed by atoms with Gasteiger partial charge in [0.05, 0.1) is 0 Å². The lowest BCUT2D eigenvalue weighted by Crippen LogP contribution is -1.94. The minimum Gasteiger partial charge on any atom is -0.341 e. The maximum atomic E-state index is 2.48. The van der Waals surface area contributed by atoms with Crippen molar-refractivity contribution in [1.29, 1.82) is 0 Å². The molecule has 0 amide bonds. The predicted molar refractivity (Wildman–Crippen MR) is 264 cm³/mol. The Morgan fingerprint density at radius 3 is 1.23 bits per heavy atom. The first-order valence-corrected chi connectivity index (χ1v) is 21.6. The number of nitrogens with zero attached hydrogens (tertiary/aromatic N) is 1. The Bertz CT molecular complexity index is 4060. The van der Waals surface area contributed by atoms with E-state index in [2.05, 4.69) is 206 Å². The van der Waals surface area contributed by atoms with E-state index in [1.54, 1.807) is 0 Å². The summed E-state index contributed by atoms with van der Waals surface area (Å²) in [5.41, 5.74) is 10.2. The molecule has 0 saturated heterocycles. The van der Waals surface area contributed by atoms with Crippen molar-refractivity contribution in [2.45, 2.75) is 13.5 Å². The highest BCUT2D eigenvalue weighted by molar-refractivity contribution is 6.30. The van der Waals surface area contributed by atoms with Gasteiger partial charge in [0.25, 0.3) is 0 Å². The fourth-order valence-electron chi connectivity index (χ4n) is 11.4. The molecule has 0 unspecified atom stereocenters. The van der Waals surface area contributed by atoms with E-state index >= 15 is 0 Å². The fourth-order valence-corrected chi connectivity index (χ4v) is 11.4. The first-order valence-electron chi connectivity index (χ1n) is 21.6. The smallest absolute Gasteiger partial charge is 0.0491 e. The van der Waals surface area contributed by atoms with E-state index in [0.29, 0.717) is 0 Å². The molecule has 0 aliphatic carbocycles. The normalized spacial score (nSPS) is 12.4. The Morgan fingerprint density at radius 1 is 0.295 bits per heavy atom. The summed E-state index contributed by atoms with van der Waals surface area (Å²) in [6.07, 6.45) is 0. The first-order chi connectivity index (χ1) is 30.2. The van der Waals surface area contributed by atoms with Crippen LogP contribution in [0, 0.1) is 0 Å². The molecular formula is C60H37N. The third-order valence-corrected chi connectivity index (χ3v) is 14.0. The van der Waals surface area contributed by atoms with E-state index < -0.39 is 0 Å². The van der Waals surface area contributed by atoms with Gasteiger partial charge in [0.2, 0.25) is 0 Å². The molecule has 1 aromatic heterocycles. The maximum Gasteiger partial charge on any atom is 0.0491 e. The second-order valence-corrected chi connectivity index (χ2v) is 17.0. The van der Waals surface area contributed by atoms with Crippen molar-refractivity contribution in [1.82, 2.24) is 4.57 Å². The fraction of sp³-hybridized carbons (Fsp3) is 0.0333. The quantitative estimate of drug-likeness (QED) is 0.124. The monoisotopic (exact) mass is 771 g/mol. The van der Waals surface area contributed by atoms with Crippen molar-refractivity contribution in [3.05, 3.63) is 194 Å². The van der Waals surface area contributed by atoms with Crippen LogP contribution in [-0.2, 0) is 6.54 Å². The van der Waals surface area contributed by atoms with Crippen molar-refractivity contribution in [3.63, 3.8) is 0 Å². The average Bonchev–Trinajstić information content (AvgIpc) is 3.63. The van der Waals surface area contributed by atoms with E-state index in [4.69, 9.17) is 0 Å². The molecule has 1 nitrogen and oxygen atoms in total. The Balaban J connectivity index is 1.02. The van der Waals surface area contributed by atoms with Gasteiger partial charge in [-0.2, -0.15) is 0 Å². The number of rotatable bonds is 4. The van der Waals surface area contributed by atoms with E-state index in [0.717, 1.165) is 6.54 Å². The molecule has 0 N–H and O–H groups in total. The molecule has 0 bridgehead atoms. The van der Waals surface area contributed by atoms with Gasteiger partial charge in [-0.05, 0) is 151 Å². The Labute approximate surface area is 352 Å². The van der Waals surface area contributed by atoms with Gasteiger partial charge in [-0.1, -0.05) is 170 Å². The van der Waals surface area contributed by atoms with Crippen molar-refractivity contribution >= 4 is 108 Å². The molecule has 14 aromatic rings. The summed E-state index contributed by atoms with van der Waals surface area (Å²) in [5, 5.41) is 23.5. The predicted octanol–water partition coefficient (Wildman–Crippen LogP) is 16.9. The van der Waals surface area contributed by atoms with Crippen LogP contribution in [0.1, 0.15) is 6.92 Å². The largest absolute Gasteiger partial charge is 0.341 e. The van der Waals surface area contributed by atoms with Crippen molar-refractivity contribution in [2.24, 2.45) is 0 Å². The van der Waals surface area contributed by atoms with Gasteiger partial charge in [0.1, 0.15) is 0 Å². The zero-order valence-electron chi connectivity index (χ0n) is 33.6. The molecule has 0 aliphatic heterocycles. The van der Waals surface area contributed by atoms with Crippen LogP contribution in [0.2, 0.25) is 0 Å². The third-order valence-electron chi connectivity index (χ3n) is 14.0. The number of fused-ring (bicyclic) bond motifs is 5. The van der Waals surface area contributed by atoms with Gasteiger partial charge < -0.3 is 4.57 Å². The third kappa shape index (κ3) is 4.45. The molecule has 13 aromatic carbocycles. The Hall–Kier alpha value is -7.74. The summed E-state index contributed by atoms with van der Waals surface area (Å²) in [7, 11) is 0. The van der Waals surface area contributed by atoms with Crippen LogP contribution in [0.25, 0.3) is 141 Å². The van der Waals surface area contributed by atoms with Crippen LogP contribution in [0.4, 0.5) is 0 Å². The molecule has 0 atom stereocenters.